The van der Waals surface area contributed by atoms with E-state index in [1.54, 1.807) is 0 Å². The smallest absolute Gasteiger partial charge is 0.549 e. The van der Waals surface area contributed by atoms with Gasteiger partial charge in [-0.2, -0.15) is 0 Å². The average molecular weight is 191 g/mol. The van der Waals surface area contributed by atoms with Crippen LogP contribution in [-0.2, 0) is 4.79 Å². The quantitative estimate of drug-likeness (QED) is 0.335. The maximum absolute atomic E-state index is 10.2. The van der Waals surface area contributed by atoms with E-state index < -0.39 is 15.7 Å². The summed E-state index contributed by atoms with van der Waals surface area (Å²) < 4.78 is -1.09. The first-order valence-corrected chi connectivity index (χ1v) is 3.25. The molecule has 0 heterocycles. The van der Waals surface area contributed by atoms with E-state index in [2.05, 4.69) is 0 Å². The SMILES string of the molecule is CC1(C(=O)[O-])CC1(Cl)Cl.[Na+]. The van der Waals surface area contributed by atoms with Gasteiger partial charge in [0.25, 0.3) is 0 Å². The van der Waals surface area contributed by atoms with Crippen LogP contribution in [0, 0.1) is 5.41 Å². The summed E-state index contributed by atoms with van der Waals surface area (Å²) in [6, 6.07) is 0. The number of halogens is 2. The molecule has 0 amide bonds. The number of rotatable bonds is 1. The Labute approximate surface area is 91.2 Å². The average Bonchev–Trinajstić information content (AvgIpc) is 2.08. The Morgan fingerprint density at radius 1 is 1.60 bits per heavy atom. The van der Waals surface area contributed by atoms with E-state index in [0.717, 1.165) is 0 Å². The minimum absolute atomic E-state index is 0. The molecule has 1 atom stereocenters. The maximum Gasteiger partial charge on any atom is 1.00 e. The Hall–Kier alpha value is 1.05. The molecule has 1 aliphatic rings. The van der Waals surface area contributed by atoms with E-state index >= 15 is 0 Å². The van der Waals surface area contributed by atoms with Gasteiger partial charge in [-0.1, -0.05) is 6.92 Å². The van der Waals surface area contributed by atoms with E-state index in [9.17, 15) is 9.90 Å². The Kier molecular flexibility index (Phi) is 3.13. The summed E-state index contributed by atoms with van der Waals surface area (Å²) in [7, 11) is 0. The molecule has 0 bridgehead atoms. The van der Waals surface area contributed by atoms with Crippen molar-refractivity contribution in [1.82, 2.24) is 0 Å². The third-order valence-corrected chi connectivity index (χ3v) is 2.81. The molecule has 1 saturated carbocycles. The molecule has 0 aromatic rings. The summed E-state index contributed by atoms with van der Waals surface area (Å²) in [6.07, 6.45) is 0.283. The number of carbonyl (C=O) groups is 1. The number of hydrogen-bond donors (Lipinski definition) is 0. The van der Waals surface area contributed by atoms with Gasteiger partial charge in [0.05, 0.1) is 5.97 Å². The van der Waals surface area contributed by atoms with Gasteiger partial charge in [-0.25, -0.2) is 0 Å². The summed E-state index contributed by atoms with van der Waals surface area (Å²) in [5.74, 6) is -1.17. The molecule has 0 aromatic heterocycles. The summed E-state index contributed by atoms with van der Waals surface area (Å²) in [4.78, 5) is 10.2. The molecule has 0 N–H and O–H groups in total. The van der Waals surface area contributed by atoms with Crippen molar-refractivity contribution in [3.8, 4) is 0 Å². The first-order valence-electron chi connectivity index (χ1n) is 2.49. The van der Waals surface area contributed by atoms with E-state index in [1.165, 1.54) is 6.92 Å². The van der Waals surface area contributed by atoms with Crippen LogP contribution in [0.2, 0.25) is 0 Å². The summed E-state index contributed by atoms with van der Waals surface area (Å²) in [5, 5.41) is 10.2. The fourth-order valence-electron chi connectivity index (χ4n) is 0.621. The zero-order valence-electron chi connectivity index (χ0n) is 5.78. The van der Waals surface area contributed by atoms with Gasteiger partial charge in [0.2, 0.25) is 0 Å². The zero-order valence-corrected chi connectivity index (χ0v) is 9.29. The van der Waals surface area contributed by atoms with Crippen molar-refractivity contribution in [2.24, 2.45) is 5.41 Å². The van der Waals surface area contributed by atoms with E-state index in [-0.39, 0.29) is 36.0 Å². The van der Waals surface area contributed by atoms with Crippen molar-refractivity contribution >= 4 is 29.2 Å². The van der Waals surface area contributed by atoms with Gasteiger partial charge in [-0.15, -0.1) is 23.2 Å². The third kappa shape index (κ3) is 1.46. The molecule has 1 unspecified atom stereocenters. The molecule has 0 saturated heterocycles. The van der Waals surface area contributed by atoms with Gasteiger partial charge in [-0.05, 0) is 6.42 Å². The number of hydrogen-bond acceptors (Lipinski definition) is 2. The second kappa shape index (κ2) is 2.83. The largest absolute Gasteiger partial charge is 1.00 e. The Morgan fingerprint density at radius 3 is 1.90 bits per heavy atom. The molecule has 52 valence electrons. The topological polar surface area (TPSA) is 40.1 Å². The molecule has 10 heavy (non-hydrogen) atoms. The second-order valence-corrected chi connectivity index (χ2v) is 3.98. The number of carboxylic acid groups (broad SMARTS) is 1. The van der Waals surface area contributed by atoms with Crippen LogP contribution in [-0.4, -0.2) is 10.3 Å². The van der Waals surface area contributed by atoms with Crippen molar-refractivity contribution in [3.05, 3.63) is 0 Å². The molecular weight excluding hydrogens is 186 g/mol. The van der Waals surface area contributed by atoms with E-state index in [4.69, 9.17) is 23.2 Å². The van der Waals surface area contributed by atoms with Crippen LogP contribution in [0.1, 0.15) is 13.3 Å². The van der Waals surface area contributed by atoms with Crippen molar-refractivity contribution in [2.45, 2.75) is 17.7 Å². The molecule has 0 radical (unpaired) electrons. The zero-order chi connectivity index (χ0) is 7.28. The Morgan fingerprint density at radius 2 is 1.90 bits per heavy atom. The predicted octanol–water partition coefficient (Wildman–Crippen LogP) is -2.68. The van der Waals surface area contributed by atoms with Gasteiger partial charge in [0, 0.05) is 5.41 Å². The Bertz CT molecular complexity index is 171. The normalized spacial score (nSPS) is 34.3. The van der Waals surface area contributed by atoms with Crippen molar-refractivity contribution in [1.29, 1.82) is 0 Å². The molecule has 1 aliphatic carbocycles. The number of alkyl halides is 2. The Balaban J connectivity index is 0.000000810. The van der Waals surface area contributed by atoms with Crippen LogP contribution in [0.3, 0.4) is 0 Å². The fraction of sp³-hybridized carbons (Fsp3) is 0.800. The minimum Gasteiger partial charge on any atom is -0.549 e. The van der Waals surface area contributed by atoms with Crippen LogP contribution in [0.5, 0.6) is 0 Å². The molecule has 0 aliphatic heterocycles. The first kappa shape index (κ1) is 11.1. The molecule has 1 rings (SSSR count). The van der Waals surface area contributed by atoms with E-state index in [1.807, 2.05) is 0 Å². The van der Waals surface area contributed by atoms with Crippen LogP contribution >= 0.6 is 23.2 Å². The van der Waals surface area contributed by atoms with Gasteiger partial charge in [0.15, 0.2) is 0 Å². The second-order valence-electron chi connectivity index (χ2n) is 2.50. The fourth-order valence-corrected chi connectivity index (χ4v) is 1.31. The molecule has 0 spiro atoms. The van der Waals surface area contributed by atoms with Crippen molar-refractivity contribution in [3.63, 3.8) is 0 Å². The van der Waals surface area contributed by atoms with Gasteiger partial charge in [-0.3, -0.25) is 0 Å². The summed E-state index contributed by atoms with van der Waals surface area (Å²) >= 11 is 11.0. The van der Waals surface area contributed by atoms with Crippen molar-refractivity contribution < 1.29 is 39.5 Å². The number of carboxylic acids is 1. The molecule has 5 heteroatoms. The molecule has 0 aromatic carbocycles. The first-order chi connectivity index (χ1) is 3.90. The summed E-state index contributed by atoms with van der Waals surface area (Å²) in [6.45, 7) is 1.47. The molecule has 2 nitrogen and oxygen atoms in total. The monoisotopic (exact) mass is 190 g/mol. The van der Waals surface area contributed by atoms with Crippen LogP contribution in [0.25, 0.3) is 0 Å². The van der Waals surface area contributed by atoms with Gasteiger partial charge < -0.3 is 9.90 Å². The van der Waals surface area contributed by atoms with Gasteiger partial charge >= 0.3 is 29.6 Å². The van der Waals surface area contributed by atoms with Gasteiger partial charge in [0.1, 0.15) is 4.33 Å². The van der Waals surface area contributed by atoms with Crippen LogP contribution in [0.4, 0.5) is 0 Å². The minimum atomic E-state index is -1.17. The van der Waals surface area contributed by atoms with E-state index in [0.29, 0.717) is 0 Å². The van der Waals surface area contributed by atoms with Crippen molar-refractivity contribution in [2.75, 3.05) is 0 Å². The molecule has 1 fully saturated rings. The molecular formula is C5H5Cl2NaO2. The summed E-state index contributed by atoms with van der Waals surface area (Å²) in [5.41, 5.74) is -1.02. The number of aliphatic carboxylic acids is 1. The number of carbonyl (C=O) groups excluding carboxylic acids is 1. The van der Waals surface area contributed by atoms with Crippen LogP contribution in [0.15, 0.2) is 0 Å². The standard InChI is InChI=1S/C5H6Cl2O2.Na/c1-4(3(8)9)2-5(4,6)7;/h2H2,1H3,(H,8,9);/q;+1/p-1. The third-order valence-electron chi connectivity index (χ3n) is 1.71. The predicted molar refractivity (Wildman–Crippen MR) is 32.2 cm³/mol. The maximum atomic E-state index is 10.2. The van der Waals surface area contributed by atoms with Crippen LogP contribution < -0.4 is 34.7 Å².